The minimum atomic E-state index is -0.0791. The lowest BCUT2D eigenvalue weighted by molar-refractivity contribution is 0.0752. The highest BCUT2D eigenvalue weighted by Gasteiger charge is 2.17. The lowest BCUT2D eigenvalue weighted by atomic mass is 10.1. The van der Waals surface area contributed by atoms with Crippen molar-refractivity contribution in [2.24, 2.45) is 0 Å². The molecule has 1 amide bonds. The summed E-state index contributed by atoms with van der Waals surface area (Å²) < 4.78 is 5.98. The summed E-state index contributed by atoms with van der Waals surface area (Å²) >= 11 is 9.52. The van der Waals surface area contributed by atoms with Crippen molar-refractivity contribution in [2.75, 3.05) is 13.7 Å². The van der Waals surface area contributed by atoms with Crippen LogP contribution in [0, 0.1) is 0 Å². The Bertz CT molecular complexity index is 658. The number of ether oxygens (including phenoxy) is 1. The van der Waals surface area contributed by atoms with Crippen molar-refractivity contribution >= 4 is 33.4 Å². The number of methoxy groups -OCH3 is 1. The monoisotopic (exact) mass is 381 g/mol. The largest absolute Gasteiger partial charge is 0.497 e. The van der Waals surface area contributed by atoms with Crippen LogP contribution in [0.4, 0.5) is 0 Å². The summed E-state index contributed by atoms with van der Waals surface area (Å²) in [5, 5.41) is 0.460. The summed E-state index contributed by atoms with van der Waals surface area (Å²) in [5.74, 6) is 0.720. The van der Waals surface area contributed by atoms with Crippen LogP contribution in [0.25, 0.3) is 0 Å². The van der Waals surface area contributed by atoms with Gasteiger partial charge < -0.3 is 9.64 Å². The van der Waals surface area contributed by atoms with Gasteiger partial charge in [-0.05, 0) is 42.8 Å². The molecule has 0 aliphatic rings. The Hall–Kier alpha value is -1.52. The third-order valence-electron chi connectivity index (χ3n) is 3.36. The molecule has 5 heteroatoms. The smallest absolute Gasteiger partial charge is 0.255 e. The fourth-order valence-electron chi connectivity index (χ4n) is 2.11. The van der Waals surface area contributed by atoms with Crippen molar-refractivity contribution < 1.29 is 9.53 Å². The quantitative estimate of drug-likeness (QED) is 0.745. The second-order valence-electron chi connectivity index (χ2n) is 4.79. The van der Waals surface area contributed by atoms with E-state index >= 15 is 0 Å². The molecule has 0 saturated carbocycles. The standard InChI is InChI=1S/C17H17BrClNO2/c1-3-20(11-12-4-7-14(22-2)8-5-12)17(21)15-10-13(18)6-9-16(15)19/h4-10H,3,11H2,1-2H3. The van der Waals surface area contributed by atoms with Gasteiger partial charge in [-0.1, -0.05) is 39.7 Å². The van der Waals surface area contributed by atoms with E-state index in [2.05, 4.69) is 15.9 Å². The van der Waals surface area contributed by atoms with E-state index in [1.165, 1.54) is 0 Å². The molecule has 0 radical (unpaired) electrons. The molecular formula is C17H17BrClNO2. The second kappa shape index (κ2) is 7.65. The Labute approximate surface area is 144 Å². The zero-order chi connectivity index (χ0) is 16.1. The van der Waals surface area contributed by atoms with Crippen molar-refractivity contribution in [3.05, 3.63) is 63.1 Å². The zero-order valence-electron chi connectivity index (χ0n) is 12.5. The molecule has 2 rings (SSSR count). The van der Waals surface area contributed by atoms with Crippen LogP contribution in [0.5, 0.6) is 5.75 Å². The van der Waals surface area contributed by atoms with Gasteiger partial charge in [-0.15, -0.1) is 0 Å². The van der Waals surface area contributed by atoms with E-state index in [1.807, 2.05) is 37.3 Å². The first-order valence-electron chi connectivity index (χ1n) is 6.92. The molecule has 0 N–H and O–H groups in total. The van der Waals surface area contributed by atoms with Crippen molar-refractivity contribution in [1.82, 2.24) is 4.90 Å². The number of halogens is 2. The van der Waals surface area contributed by atoms with Gasteiger partial charge in [-0.3, -0.25) is 4.79 Å². The van der Waals surface area contributed by atoms with Gasteiger partial charge in [0.05, 0.1) is 17.7 Å². The third-order valence-corrected chi connectivity index (χ3v) is 4.18. The highest BCUT2D eigenvalue weighted by atomic mass is 79.9. The lowest BCUT2D eigenvalue weighted by Gasteiger charge is -2.22. The molecule has 0 heterocycles. The molecule has 0 aromatic heterocycles. The van der Waals surface area contributed by atoms with Crippen LogP contribution in [0.15, 0.2) is 46.9 Å². The van der Waals surface area contributed by atoms with Crippen LogP contribution in [0.1, 0.15) is 22.8 Å². The predicted octanol–water partition coefficient (Wildman–Crippen LogP) is 4.77. The fourth-order valence-corrected chi connectivity index (χ4v) is 2.67. The Kier molecular flexibility index (Phi) is 5.86. The minimum Gasteiger partial charge on any atom is -0.497 e. The van der Waals surface area contributed by atoms with Crippen LogP contribution in [-0.2, 0) is 6.54 Å². The Morgan fingerprint density at radius 1 is 1.23 bits per heavy atom. The maximum absolute atomic E-state index is 12.7. The van der Waals surface area contributed by atoms with Crippen molar-refractivity contribution in [3.8, 4) is 5.75 Å². The Morgan fingerprint density at radius 2 is 1.91 bits per heavy atom. The molecule has 0 spiro atoms. The van der Waals surface area contributed by atoms with E-state index in [1.54, 1.807) is 24.1 Å². The van der Waals surface area contributed by atoms with Crippen LogP contribution < -0.4 is 4.74 Å². The third kappa shape index (κ3) is 4.02. The van der Waals surface area contributed by atoms with Gasteiger partial charge in [0.15, 0.2) is 0 Å². The molecule has 0 fully saturated rings. The number of hydrogen-bond acceptors (Lipinski definition) is 2. The first-order valence-corrected chi connectivity index (χ1v) is 8.09. The summed E-state index contributed by atoms with van der Waals surface area (Å²) in [4.78, 5) is 14.4. The first-order chi connectivity index (χ1) is 10.5. The molecule has 0 saturated heterocycles. The van der Waals surface area contributed by atoms with E-state index in [0.717, 1.165) is 15.8 Å². The molecule has 2 aromatic carbocycles. The summed E-state index contributed by atoms with van der Waals surface area (Å²) in [6, 6.07) is 13.0. The number of amides is 1. The molecule has 0 aliphatic heterocycles. The van der Waals surface area contributed by atoms with E-state index in [-0.39, 0.29) is 5.91 Å². The molecule has 3 nitrogen and oxygen atoms in total. The van der Waals surface area contributed by atoms with Gasteiger partial charge in [0.25, 0.3) is 5.91 Å². The topological polar surface area (TPSA) is 29.5 Å². The normalized spacial score (nSPS) is 10.4. The number of rotatable bonds is 5. The summed E-state index contributed by atoms with van der Waals surface area (Å²) in [7, 11) is 1.63. The van der Waals surface area contributed by atoms with Gasteiger partial charge in [0.1, 0.15) is 5.75 Å². The molecule has 2 aromatic rings. The van der Waals surface area contributed by atoms with Crippen LogP contribution in [0.2, 0.25) is 5.02 Å². The molecule has 0 unspecified atom stereocenters. The highest BCUT2D eigenvalue weighted by molar-refractivity contribution is 9.10. The number of carbonyl (C=O) groups is 1. The molecule has 0 aliphatic carbocycles. The van der Waals surface area contributed by atoms with E-state index in [4.69, 9.17) is 16.3 Å². The minimum absolute atomic E-state index is 0.0791. The van der Waals surface area contributed by atoms with E-state index < -0.39 is 0 Å². The average molecular weight is 383 g/mol. The predicted molar refractivity (Wildman–Crippen MR) is 92.6 cm³/mol. The zero-order valence-corrected chi connectivity index (χ0v) is 14.8. The fraction of sp³-hybridized carbons (Fsp3) is 0.235. The van der Waals surface area contributed by atoms with Gasteiger partial charge in [0.2, 0.25) is 0 Å². The number of hydrogen-bond donors (Lipinski definition) is 0. The molecule has 116 valence electrons. The maximum atomic E-state index is 12.7. The second-order valence-corrected chi connectivity index (χ2v) is 6.11. The highest BCUT2D eigenvalue weighted by Crippen LogP contribution is 2.23. The Balaban J connectivity index is 2.19. The van der Waals surface area contributed by atoms with Gasteiger partial charge >= 0.3 is 0 Å². The van der Waals surface area contributed by atoms with Crippen molar-refractivity contribution in [1.29, 1.82) is 0 Å². The molecule has 22 heavy (non-hydrogen) atoms. The number of benzene rings is 2. The van der Waals surface area contributed by atoms with Gasteiger partial charge in [-0.2, -0.15) is 0 Å². The average Bonchev–Trinajstić information content (AvgIpc) is 2.54. The SMILES string of the molecule is CCN(Cc1ccc(OC)cc1)C(=O)c1cc(Br)ccc1Cl. The molecular weight excluding hydrogens is 366 g/mol. The molecule has 0 bridgehead atoms. The van der Waals surface area contributed by atoms with Crippen LogP contribution in [0.3, 0.4) is 0 Å². The van der Waals surface area contributed by atoms with Gasteiger partial charge in [0, 0.05) is 17.6 Å². The summed E-state index contributed by atoms with van der Waals surface area (Å²) in [5.41, 5.74) is 1.55. The summed E-state index contributed by atoms with van der Waals surface area (Å²) in [6.45, 7) is 3.09. The maximum Gasteiger partial charge on any atom is 0.255 e. The van der Waals surface area contributed by atoms with Crippen molar-refractivity contribution in [3.63, 3.8) is 0 Å². The first kappa shape index (κ1) is 16.8. The lowest BCUT2D eigenvalue weighted by Crippen LogP contribution is -2.30. The summed E-state index contributed by atoms with van der Waals surface area (Å²) in [6.07, 6.45) is 0. The van der Waals surface area contributed by atoms with Gasteiger partial charge in [-0.25, -0.2) is 0 Å². The van der Waals surface area contributed by atoms with E-state index in [0.29, 0.717) is 23.7 Å². The number of carbonyl (C=O) groups excluding carboxylic acids is 1. The number of nitrogens with zero attached hydrogens (tertiary/aromatic N) is 1. The Morgan fingerprint density at radius 3 is 2.50 bits per heavy atom. The van der Waals surface area contributed by atoms with Crippen LogP contribution in [-0.4, -0.2) is 24.5 Å². The van der Waals surface area contributed by atoms with Crippen LogP contribution >= 0.6 is 27.5 Å². The van der Waals surface area contributed by atoms with E-state index in [9.17, 15) is 4.79 Å². The van der Waals surface area contributed by atoms with Crippen molar-refractivity contribution in [2.45, 2.75) is 13.5 Å². The molecule has 0 atom stereocenters.